The minimum absolute atomic E-state index is 0.104. The number of nitrogens with zero attached hydrogens (tertiary/aromatic N) is 2. The molecule has 1 aromatic rings. The van der Waals surface area contributed by atoms with Gasteiger partial charge in [-0.05, 0) is 17.7 Å². The monoisotopic (exact) mass is 312 g/mol. The van der Waals surface area contributed by atoms with Crippen LogP contribution in [0.15, 0.2) is 36.9 Å². The van der Waals surface area contributed by atoms with Crippen LogP contribution in [0.25, 0.3) is 0 Å². The molecule has 0 radical (unpaired) electrons. The molecule has 0 aromatic heterocycles. The van der Waals surface area contributed by atoms with E-state index in [0.29, 0.717) is 10.5 Å². The number of urea groups is 1. The van der Waals surface area contributed by atoms with Crippen molar-refractivity contribution >= 4 is 17.8 Å². The van der Waals surface area contributed by atoms with Crippen LogP contribution in [-0.4, -0.2) is 34.2 Å². The first-order valence-electron chi connectivity index (χ1n) is 6.20. The van der Waals surface area contributed by atoms with Crippen molar-refractivity contribution < 1.29 is 27.6 Å². The van der Waals surface area contributed by atoms with Crippen molar-refractivity contribution in [3.63, 3.8) is 0 Å². The van der Waals surface area contributed by atoms with Gasteiger partial charge in [-0.15, -0.1) is 6.58 Å². The number of halogens is 3. The molecule has 116 valence electrons. The Balaban J connectivity index is 2.17. The lowest BCUT2D eigenvalue weighted by molar-refractivity contribution is -0.143. The van der Waals surface area contributed by atoms with Gasteiger partial charge in [0.25, 0.3) is 0 Å². The Bertz CT molecular complexity index is 638. The van der Waals surface area contributed by atoms with Crippen LogP contribution in [0.1, 0.15) is 11.1 Å². The molecule has 1 aliphatic rings. The van der Waals surface area contributed by atoms with Gasteiger partial charge in [0, 0.05) is 6.54 Å². The summed E-state index contributed by atoms with van der Waals surface area (Å²) in [6.07, 6.45) is -3.17. The summed E-state index contributed by atoms with van der Waals surface area (Å²) < 4.78 is 37.4. The van der Waals surface area contributed by atoms with Crippen molar-refractivity contribution in [2.24, 2.45) is 0 Å². The van der Waals surface area contributed by atoms with E-state index in [4.69, 9.17) is 0 Å². The van der Waals surface area contributed by atoms with Gasteiger partial charge in [0.05, 0.1) is 12.1 Å². The zero-order valence-electron chi connectivity index (χ0n) is 11.3. The predicted molar refractivity (Wildman–Crippen MR) is 69.3 cm³/mol. The number of carbonyl (C=O) groups excluding carboxylic acids is 3. The van der Waals surface area contributed by atoms with Gasteiger partial charge in [0.2, 0.25) is 0 Å². The Hall–Kier alpha value is -2.64. The highest BCUT2D eigenvalue weighted by Crippen LogP contribution is 2.29. The Morgan fingerprint density at radius 3 is 2.05 bits per heavy atom. The number of hydrogen-bond acceptors (Lipinski definition) is 3. The summed E-state index contributed by atoms with van der Waals surface area (Å²) in [6, 6.07) is 3.20. The topological polar surface area (TPSA) is 57.7 Å². The van der Waals surface area contributed by atoms with Gasteiger partial charge in [0.1, 0.15) is 0 Å². The van der Waals surface area contributed by atoms with E-state index in [1.165, 1.54) is 6.08 Å². The maximum absolute atomic E-state index is 12.5. The second-order valence-corrected chi connectivity index (χ2v) is 4.57. The van der Waals surface area contributed by atoms with Crippen molar-refractivity contribution in [2.45, 2.75) is 12.7 Å². The molecule has 1 aromatic carbocycles. The maximum atomic E-state index is 12.5. The molecule has 5 nitrogen and oxygen atoms in total. The minimum Gasteiger partial charge on any atom is -0.263 e. The van der Waals surface area contributed by atoms with Gasteiger partial charge in [0.15, 0.2) is 0 Å². The molecular formula is C14H11F3N2O3. The lowest BCUT2D eigenvalue weighted by Crippen LogP contribution is -2.33. The number of alkyl halides is 3. The summed E-state index contributed by atoms with van der Waals surface area (Å²) in [5, 5.41) is 0. The molecule has 1 aliphatic heterocycles. The van der Waals surface area contributed by atoms with Crippen molar-refractivity contribution in [1.29, 1.82) is 0 Å². The zero-order chi connectivity index (χ0) is 16.5. The lowest BCUT2D eigenvalue weighted by atomic mass is 10.1. The van der Waals surface area contributed by atoms with E-state index in [1.54, 1.807) is 0 Å². The summed E-state index contributed by atoms with van der Waals surface area (Å²) in [7, 11) is 0. The quantitative estimate of drug-likeness (QED) is 0.486. The Labute approximate surface area is 123 Å². The normalized spacial score (nSPS) is 15.7. The third kappa shape index (κ3) is 2.85. The molecule has 0 saturated carbocycles. The van der Waals surface area contributed by atoms with Gasteiger partial charge in [-0.2, -0.15) is 13.2 Å². The lowest BCUT2D eigenvalue weighted by Gasteiger charge is -2.14. The van der Waals surface area contributed by atoms with Crippen LogP contribution in [0.3, 0.4) is 0 Å². The molecule has 4 amide bonds. The fourth-order valence-electron chi connectivity index (χ4n) is 1.96. The fourth-order valence-corrected chi connectivity index (χ4v) is 1.96. The summed E-state index contributed by atoms with van der Waals surface area (Å²) in [4.78, 5) is 36.7. The minimum atomic E-state index is -4.46. The maximum Gasteiger partial charge on any atom is 0.416 e. The first kappa shape index (κ1) is 15.7. The van der Waals surface area contributed by atoms with E-state index in [-0.39, 0.29) is 13.1 Å². The highest BCUT2D eigenvalue weighted by atomic mass is 19.4. The van der Waals surface area contributed by atoms with Gasteiger partial charge in [-0.3, -0.25) is 19.4 Å². The summed E-state index contributed by atoms with van der Waals surface area (Å²) in [5.74, 6) is -1.98. The van der Waals surface area contributed by atoms with E-state index in [0.717, 1.165) is 29.2 Å². The van der Waals surface area contributed by atoms with Crippen LogP contribution in [0.2, 0.25) is 0 Å². The molecule has 2 rings (SSSR count). The molecule has 0 unspecified atom stereocenters. The van der Waals surface area contributed by atoms with Gasteiger partial charge in [-0.25, -0.2) is 4.79 Å². The van der Waals surface area contributed by atoms with E-state index in [9.17, 15) is 27.6 Å². The molecule has 0 atom stereocenters. The standard InChI is InChI=1S/C14H11F3N2O3/c1-2-7-18-11(20)12(21)19(13(18)22)8-9-3-5-10(6-4-9)14(15,16)17/h2-6H,1,7-8H2. The highest BCUT2D eigenvalue weighted by Gasteiger charge is 2.43. The summed E-state index contributed by atoms with van der Waals surface area (Å²) in [5.41, 5.74) is -0.525. The predicted octanol–water partition coefficient (Wildman–Crippen LogP) is 2.18. The molecule has 0 spiro atoms. The van der Waals surface area contributed by atoms with Crippen LogP contribution >= 0.6 is 0 Å². The number of amides is 4. The molecule has 1 heterocycles. The van der Waals surface area contributed by atoms with E-state index >= 15 is 0 Å². The molecule has 0 bridgehead atoms. The van der Waals surface area contributed by atoms with E-state index in [1.807, 2.05) is 0 Å². The third-order valence-electron chi connectivity index (χ3n) is 3.07. The summed E-state index contributed by atoms with van der Waals surface area (Å²) >= 11 is 0. The fraction of sp³-hybridized carbons (Fsp3) is 0.214. The zero-order valence-corrected chi connectivity index (χ0v) is 11.3. The second-order valence-electron chi connectivity index (χ2n) is 4.57. The van der Waals surface area contributed by atoms with Crippen LogP contribution in [0, 0.1) is 0 Å². The number of carbonyl (C=O) groups is 3. The molecule has 1 saturated heterocycles. The van der Waals surface area contributed by atoms with Crippen LogP contribution in [0.5, 0.6) is 0 Å². The first-order chi connectivity index (χ1) is 10.3. The largest absolute Gasteiger partial charge is 0.416 e. The van der Waals surface area contributed by atoms with Crippen molar-refractivity contribution in [2.75, 3.05) is 6.54 Å². The van der Waals surface area contributed by atoms with Gasteiger partial charge in [-0.1, -0.05) is 18.2 Å². The smallest absolute Gasteiger partial charge is 0.263 e. The molecule has 0 aliphatic carbocycles. The first-order valence-corrected chi connectivity index (χ1v) is 6.20. The Morgan fingerprint density at radius 1 is 1.00 bits per heavy atom. The van der Waals surface area contributed by atoms with Crippen LogP contribution < -0.4 is 0 Å². The van der Waals surface area contributed by atoms with Gasteiger partial charge < -0.3 is 0 Å². The second kappa shape index (κ2) is 5.63. The number of hydrogen-bond donors (Lipinski definition) is 0. The Kier molecular flexibility index (Phi) is 4.03. The molecule has 22 heavy (non-hydrogen) atoms. The number of benzene rings is 1. The van der Waals surface area contributed by atoms with E-state index in [2.05, 4.69) is 6.58 Å². The SMILES string of the molecule is C=CCN1C(=O)C(=O)N(Cc2ccc(C(F)(F)F)cc2)C1=O. The number of rotatable bonds is 4. The molecule has 0 N–H and O–H groups in total. The molecular weight excluding hydrogens is 301 g/mol. The van der Waals surface area contributed by atoms with Crippen LogP contribution in [-0.2, 0) is 22.3 Å². The Morgan fingerprint density at radius 2 is 1.55 bits per heavy atom. The highest BCUT2D eigenvalue weighted by molar-refractivity contribution is 6.44. The van der Waals surface area contributed by atoms with Crippen molar-refractivity contribution in [3.8, 4) is 0 Å². The average molecular weight is 312 g/mol. The molecule has 8 heteroatoms. The third-order valence-corrected chi connectivity index (χ3v) is 3.07. The van der Waals surface area contributed by atoms with E-state index < -0.39 is 29.6 Å². The van der Waals surface area contributed by atoms with Gasteiger partial charge >= 0.3 is 24.0 Å². The summed E-state index contributed by atoms with van der Waals surface area (Å²) in [6.45, 7) is 3.00. The van der Waals surface area contributed by atoms with Crippen LogP contribution in [0.4, 0.5) is 18.0 Å². The van der Waals surface area contributed by atoms with Crippen molar-refractivity contribution in [3.05, 3.63) is 48.0 Å². The number of imide groups is 2. The molecule has 1 fully saturated rings. The average Bonchev–Trinajstić information content (AvgIpc) is 2.65. The van der Waals surface area contributed by atoms with Crippen molar-refractivity contribution in [1.82, 2.24) is 9.80 Å².